The van der Waals surface area contributed by atoms with Gasteiger partial charge in [-0.05, 0) is 49.8 Å². The molecule has 3 N–H and O–H groups in total. The van der Waals surface area contributed by atoms with Crippen LogP contribution in [0.3, 0.4) is 0 Å². The molecule has 0 aliphatic heterocycles. The van der Waals surface area contributed by atoms with Crippen LogP contribution >= 0.6 is 0 Å². The van der Waals surface area contributed by atoms with Crippen molar-refractivity contribution in [1.82, 2.24) is 19.4 Å². The number of hydrogen-bond acceptors (Lipinski definition) is 8. The van der Waals surface area contributed by atoms with Crippen molar-refractivity contribution in [3.8, 4) is 28.3 Å². The Hall–Kier alpha value is -4.85. The first-order valence-corrected chi connectivity index (χ1v) is 13.7. The van der Waals surface area contributed by atoms with Gasteiger partial charge in [0, 0.05) is 53.3 Å². The number of carbonyl (C=O) groups excluding carboxylic acids is 2. The number of nitrogens with zero attached hydrogens (tertiary/aromatic N) is 5. The third-order valence-corrected chi connectivity index (χ3v) is 6.97. The Bertz CT molecular complexity index is 1650. The Labute approximate surface area is 245 Å². The molecule has 0 spiro atoms. The Morgan fingerprint density at radius 1 is 1.17 bits per heavy atom. The number of rotatable bonds is 11. The summed E-state index contributed by atoms with van der Waals surface area (Å²) in [4.78, 5) is 35.9. The summed E-state index contributed by atoms with van der Waals surface area (Å²) in [5.41, 5.74) is 10.9. The summed E-state index contributed by atoms with van der Waals surface area (Å²) in [5, 5.41) is 13.1. The zero-order valence-corrected chi connectivity index (χ0v) is 24.2. The summed E-state index contributed by atoms with van der Waals surface area (Å²) < 4.78 is 7.33. The van der Waals surface area contributed by atoms with Crippen LogP contribution in [0.4, 0.5) is 5.69 Å². The van der Waals surface area contributed by atoms with Crippen LogP contribution in [0.5, 0.6) is 0 Å². The molecule has 0 fully saturated rings. The van der Waals surface area contributed by atoms with Gasteiger partial charge in [0.25, 0.3) is 0 Å². The van der Waals surface area contributed by atoms with Gasteiger partial charge < -0.3 is 20.7 Å². The summed E-state index contributed by atoms with van der Waals surface area (Å²) in [6.45, 7) is 4.48. The molecular formula is C32H35N7O3. The van der Waals surface area contributed by atoms with Crippen LogP contribution in [0, 0.1) is 17.2 Å². The summed E-state index contributed by atoms with van der Waals surface area (Å²) in [6, 6.07) is 12.6. The highest BCUT2D eigenvalue weighted by molar-refractivity contribution is 6.00. The maximum atomic E-state index is 12.6. The van der Waals surface area contributed by atoms with Crippen LogP contribution in [0.15, 0.2) is 73.3 Å². The average Bonchev–Trinajstić information content (AvgIpc) is 3.36. The molecule has 4 rings (SSSR count). The molecule has 0 radical (unpaired) electrons. The highest BCUT2D eigenvalue weighted by Crippen LogP contribution is 2.33. The van der Waals surface area contributed by atoms with Crippen molar-refractivity contribution >= 4 is 28.6 Å². The SMILES string of the molecule is CCC(C)C(N)C(=O)OCn1cc(-c2cccc(C#N)c2)c2cc(-c3cncc(NC(=O)/C=C/CN(C)C)c3)cnc21. The first-order valence-electron chi connectivity index (χ1n) is 13.7. The maximum absolute atomic E-state index is 12.6. The third-order valence-electron chi connectivity index (χ3n) is 6.97. The number of likely N-dealkylation sites (N-methyl/N-ethyl adjacent to an activating group) is 1. The smallest absolute Gasteiger partial charge is 0.324 e. The van der Waals surface area contributed by atoms with Crippen molar-refractivity contribution in [3.63, 3.8) is 0 Å². The molecule has 42 heavy (non-hydrogen) atoms. The highest BCUT2D eigenvalue weighted by atomic mass is 16.5. The Kier molecular flexibility index (Phi) is 9.81. The number of aromatic nitrogens is 3. The van der Waals surface area contributed by atoms with E-state index in [2.05, 4.69) is 16.4 Å². The molecule has 3 heterocycles. The number of anilines is 1. The van der Waals surface area contributed by atoms with E-state index in [0.29, 0.717) is 23.4 Å². The van der Waals surface area contributed by atoms with Crippen LogP contribution in [0.2, 0.25) is 0 Å². The monoisotopic (exact) mass is 565 g/mol. The predicted octanol–water partition coefficient (Wildman–Crippen LogP) is 4.57. The Balaban J connectivity index is 1.68. The van der Waals surface area contributed by atoms with E-state index >= 15 is 0 Å². The first-order chi connectivity index (χ1) is 20.2. The molecule has 0 bridgehead atoms. The minimum absolute atomic E-state index is 0.00732. The molecule has 4 aromatic rings. The van der Waals surface area contributed by atoms with E-state index < -0.39 is 12.0 Å². The lowest BCUT2D eigenvalue weighted by atomic mass is 10.0. The van der Waals surface area contributed by atoms with Crippen molar-refractivity contribution in [2.24, 2.45) is 11.7 Å². The predicted molar refractivity (Wildman–Crippen MR) is 163 cm³/mol. The van der Waals surface area contributed by atoms with E-state index in [-0.39, 0.29) is 18.6 Å². The lowest BCUT2D eigenvalue weighted by molar-refractivity contribution is -0.150. The largest absolute Gasteiger partial charge is 0.443 e. The molecule has 0 aliphatic carbocycles. The highest BCUT2D eigenvalue weighted by Gasteiger charge is 2.22. The number of fused-ring (bicyclic) bond motifs is 1. The van der Waals surface area contributed by atoms with E-state index in [4.69, 9.17) is 15.5 Å². The molecule has 2 atom stereocenters. The van der Waals surface area contributed by atoms with E-state index in [1.165, 1.54) is 6.08 Å². The molecule has 10 heteroatoms. The van der Waals surface area contributed by atoms with Gasteiger partial charge in [0.1, 0.15) is 11.7 Å². The quantitative estimate of drug-likeness (QED) is 0.199. The summed E-state index contributed by atoms with van der Waals surface area (Å²) in [5.74, 6) is -0.729. The van der Waals surface area contributed by atoms with Crippen molar-refractivity contribution in [1.29, 1.82) is 5.26 Å². The van der Waals surface area contributed by atoms with Gasteiger partial charge in [-0.3, -0.25) is 19.1 Å². The molecule has 10 nitrogen and oxygen atoms in total. The third kappa shape index (κ3) is 7.26. The van der Waals surface area contributed by atoms with Gasteiger partial charge in [-0.25, -0.2) is 4.98 Å². The van der Waals surface area contributed by atoms with Crippen LogP contribution < -0.4 is 11.1 Å². The maximum Gasteiger partial charge on any atom is 0.324 e. The number of nitrogens with one attached hydrogen (secondary N) is 1. The minimum atomic E-state index is -0.716. The molecule has 0 saturated heterocycles. The lowest BCUT2D eigenvalue weighted by Gasteiger charge is -2.17. The number of amides is 1. The number of carbonyl (C=O) groups is 2. The van der Waals surface area contributed by atoms with Crippen molar-refractivity contribution in [3.05, 3.63) is 78.9 Å². The van der Waals surface area contributed by atoms with E-state index in [0.717, 1.165) is 34.1 Å². The number of esters is 1. The van der Waals surface area contributed by atoms with E-state index in [1.54, 1.807) is 41.4 Å². The second kappa shape index (κ2) is 13.7. The molecule has 216 valence electrons. The van der Waals surface area contributed by atoms with Gasteiger partial charge in [-0.2, -0.15) is 5.26 Å². The molecular weight excluding hydrogens is 530 g/mol. The second-order valence-corrected chi connectivity index (χ2v) is 10.4. The van der Waals surface area contributed by atoms with Crippen molar-refractivity contribution in [2.45, 2.75) is 33.0 Å². The lowest BCUT2D eigenvalue weighted by Crippen LogP contribution is -2.38. The number of nitriles is 1. The molecule has 2 unspecified atom stereocenters. The average molecular weight is 566 g/mol. The molecule has 0 aliphatic rings. The zero-order valence-electron chi connectivity index (χ0n) is 24.2. The van der Waals surface area contributed by atoms with E-state index in [1.807, 2.05) is 63.3 Å². The number of benzene rings is 1. The molecule has 3 aromatic heterocycles. The van der Waals surface area contributed by atoms with Crippen LogP contribution in [0.1, 0.15) is 25.8 Å². The van der Waals surface area contributed by atoms with Crippen molar-refractivity contribution < 1.29 is 14.3 Å². The first kappa shape index (κ1) is 30.1. The van der Waals surface area contributed by atoms with Crippen LogP contribution in [-0.4, -0.2) is 58.0 Å². The summed E-state index contributed by atoms with van der Waals surface area (Å²) in [6.07, 6.45) is 10.9. The number of hydrogen-bond donors (Lipinski definition) is 2. The summed E-state index contributed by atoms with van der Waals surface area (Å²) >= 11 is 0. The van der Waals surface area contributed by atoms with Gasteiger partial charge in [0.2, 0.25) is 5.91 Å². The van der Waals surface area contributed by atoms with Crippen LogP contribution in [-0.2, 0) is 21.1 Å². The van der Waals surface area contributed by atoms with E-state index in [9.17, 15) is 14.9 Å². The van der Waals surface area contributed by atoms with Gasteiger partial charge in [-0.1, -0.05) is 38.5 Å². The zero-order chi connectivity index (χ0) is 30.2. The van der Waals surface area contributed by atoms with Gasteiger partial charge >= 0.3 is 5.97 Å². The molecule has 0 saturated carbocycles. The normalized spacial score (nSPS) is 12.8. The van der Waals surface area contributed by atoms with Crippen LogP contribution in [0.25, 0.3) is 33.3 Å². The minimum Gasteiger partial charge on any atom is -0.443 e. The standard InChI is InChI=1S/C32H35N7O3/c1-5-21(2)30(34)32(41)42-20-39-19-28(23-9-6-8-22(12-23)15-33)27-14-25(17-36-31(27)39)24-13-26(18-35-16-24)37-29(40)10-7-11-38(3)4/h6-10,12-14,16-19,21,30H,5,11,20,34H2,1-4H3,(H,37,40)/b10-7+. The number of nitrogens with two attached hydrogens (primary N) is 1. The second-order valence-electron chi connectivity index (χ2n) is 10.4. The fourth-order valence-corrected chi connectivity index (χ4v) is 4.35. The van der Waals surface area contributed by atoms with Gasteiger partial charge in [0.05, 0.1) is 23.5 Å². The van der Waals surface area contributed by atoms with Gasteiger partial charge in [-0.15, -0.1) is 0 Å². The fourth-order valence-electron chi connectivity index (χ4n) is 4.35. The fraction of sp³-hybridized carbons (Fsp3) is 0.281. The Morgan fingerprint density at radius 3 is 2.69 bits per heavy atom. The molecule has 1 amide bonds. The molecule has 1 aromatic carbocycles. The number of ether oxygens (including phenoxy) is 1. The Morgan fingerprint density at radius 2 is 1.95 bits per heavy atom. The summed E-state index contributed by atoms with van der Waals surface area (Å²) in [7, 11) is 3.85. The number of pyridine rings is 2. The van der Waals surface area contributed by atoms with Gasteiger partial charge in [0.15, 0.2) is 6.73 Å². The topological polar surface area (TPSA) is 139 Å². The van der Waals surface area contributed by atoms with Crippen molar-refractivity contribution in [2.75, 3.05) is 26.0 Å².